The number of carbonyl (C=O) groups is 1. The van der Waals surface area contributed by atoms with Crippen molar-refractivity contribution in [3.8, 4) is 0 Å². The molecular weight excluding hydrogens is 499 g/mol. The van der Waals surface area contributed by atoms with E-state index in [4.69, 9.17) is 4.99 Å². The molecule has 6 heteroatoms. The lowest BCUT2D eigenvalue weighted by Crippen LogP contribution is -2.41. The number of rotatable bonds is 6. The van der Waals surface area contributed by atoms with Crippen LogP contribution >= 0.6 is 24.0 Å². The van der Waals surface area contributed by atoms with Crippen molar-refractivity contribution in [1.82, 2.24) is 10.6 Å². The second kappa shape index (κ2) is 11.0. The molecule has 1 fully saturated rings. The number of carbonyl (C=O) groups excluding carboxylic acids is 1. The maximum atomic E-state index is 12.1. The van der Waals surface area contributed by atoms with E-state index in [2.05, 4.69) is 59.3 Å². The van der Waals surface area contributed by atoms with E-state index in [1.54, 1.807) is 0 Å². The van der Waals surface area contributed by atoms with Crippen molar-refractivity contribution in [3.63, 3.8) is 0 Å². The maximum absolute atomic E-state index is 12.1. The number of hydrogen-bond donors (Lipinski definition) is 3. The van der Waals surface area contributed by atoms with Gasteiger partial charge in [-0.05, 0) is 37.0 Å². The summed E-state index contributed by atoms with van der Waals surface area (Å²) >= 11 is 0. The number of aliphatic imine (C=N–C) groups is 1. The third kappa shape index (κ3) is 5.59. The van der Waals surface area contributed by atoms with Crippen LogP contribution in [0.15, 0.2) is 59.6 Å². The fourth-order valence-electron chi connectivity index (χ4n) is 4.86. The third-order valence-electron chi connectivity index (χ3n) is 6.45. The van der Waals surface area contributed by atoms with Crippen molar-refractivity contribution < 1.29 is 4.79 Å². The number of hydrogen-bond acceptors (Lipinski definition) is 2. The number of anilines is 1. The Hall–Kier alpha value is -2.09. The van der Waals surface area contributed by atoms with Crippen molar-refractivity contribution >= 4 is 41.5 Å². The van der Waals surface area contributed by atoms with E-state index in [1.165, 1.54) is 36.8 Å². The van der Waals surface area contributed by atoms with Gasteiger partial charge in [-0.15, -0.1) is 24.0 Å². The molecule has 1 unspecified atom stereocenters. The summed E-state index contributed by atoms with van der Waals surface area (Å²) in [7, 11) is 0. The highest BCUT2D eigenvalue weighted by Crippen LogP contribution is 2.41. The molecule has 1 saturated carbocycles. The molecule has 3 N–H and O–H groups in total. The van der Waals surface area contributed by atoms with Crippen LogP contribution in [0.25, 0.3) is 0 Å². The highest BCUT2D eigenvalue weighted by Gasteiger charge is 2.35. The van der Waals surface area contributed by atoms with Gasteiger partial charge < -0.3 is 16.0 Å². The number of halogens is 1. The van der Waals surface area contributed by atoms with Gasteiger partial charge in [0.15, 0.2) is 5.96 Å². The number of nitrogens with zero attached hydrogens (tertiary/aromatic N) is 1. The van der Waals surface area contributed by atoms with Crippen molar-refractivity contribution in [2.24, 2.45) is 4.99 Å². The SMILES string of the molecule is CCNC(=NCC1(c2ccccc2)CCCC1)NCC1CC(=O)Nc2ccccc21.I. The van der Waals surface area contributed by atoms with Crippen LogP contribution in [0.4, 0.5) is 5.69 Å². The first-order chi connectivity index (χ1) is 14.7. The smallest absolute Gasteiger partial charge is 0.225 e. The normalized spacial score (nSPS) is 19.7. The highest BCUT2D eigenvalue weighted by atomic mass is 127. The van der Waals surface area contributed by atoms with Gasteiger partial charge in [-0.2, -0.15) is 0 Å². The number of benzene rings is 2. The van der Waals surface area contributed by atoms with Crippen molar-refractivity contribution in [1.29, 1.82) is 0 Å². The quantitative estimate of drug-likeness (QED) is 0.285. The predicted octanol–water partition coefficient (Wildman–Crippen LogP) is 4.80. The summed E-state index contributed by atoms with van der Waals surface area (Å²) in [6, 6.07) is 18.9. The minimum Gasteiger partial charge on any atom is -0.357 e. The van der Waals surface area contributed by atoms with Crippen LogP contribution in [-0.2, 0) is 10.2 Å². The molecule has 0 aromatic heterocycles. The second-order valence-corrected chi connectivity index (χ2v) is 8.47. The van der Waals surface area contributed by atoms with Gasteiger partial charge in [0.25, 0.3) is 0 Å². The summed E-state index contributed by atoms with van der Waals surface area (Å²) in [6.45, 7) is 4.37. The Bertz CT molecular complexity index is 893. The molecule has 1 amide bonds. The van der Waals surface area contributed by atoms with Gasteiger partial charge in [0.05, 0.1) is 6.54 Å². The van der Waals surface area contributed by atoms with E-state index in [0.717, 1.165) is 24.7 Å². The van der Waals surface area contributed by atoms with Crippen molar-refractivity contribution in [3.05, 3.63) is 65.7 Å². The van der Waals surface area contributed by atoms with Crippen LogP contribution in [0, 0.1) is 0 Å². The lowest BCUT2D eigenvalue weighted by molar-refractivity contribution is -0.116. The first-order valence-corrected chi connectivity index (χ1v) is 11.2. The van der Waals surface area contributed by atoms with E-state index >= 15 is 0 Å². The fourth-order valence-corrected chi connectivity index (χ4v) is 4.86. The first kappa shape index (κ1) is 23.6. The van der Waals surface area contributed by atoms with Gasteiger partial charge in [-0.3, -0.25) is 9.79 Å². The lowest BCUT2D eigenvalue weighted by atomic mass is 9.79. The van der Waals surface area contributed by atoms with Gasteiger partial charge in [0.1, 0.15) is 0 Å². The van der Waals surface area contributed by atoms with Gasteiger partial charge >= 0.3 is 0 Å². The van der Waals surface area contributed by atoms with Crippen LogP contribution in [0.3, 0.4) is 0 Å². The van der Waals surface area contributed by atoms with Gasteiger partial charge in [-0.25, -0.2) is 0 Å². The molecule has 1 heterocycles. The third-order valence-corrected chi connectivity index (χ3v) is 6.45. The molecule has 2 aromatic rings. The van der Waals surface area contributed by atoms with Crippen molar-refractivity contribution in [2.75, 3.05) is 25.0 Å². The van der Waals surface area contributed by atoms with Gasteiger partial charge in [-0.1, -0.05) is 61.4 Å². The summed E-state index contributed by atoms with van der Waals surface area (Å²) in [6.07, 6.45) is 5.41. The molecule has 0 radical (unpaired) electrons. The van der Waals surface area contributed by atoms with Gasteiger partial charge in [0.2, 0.25) is 5.91 Å². The molecule has 4 rings (SSSR count). The number of fused-ring (bicyclic) bond motifs is 1. The molecule has 166 valence electrons. The summed E-state index contributed by atoms with van der Waals surface area (Å²) in [5, 5.41) is 9.87. The summed E-state index contributed by atoms with van der Waals surface area (Å²) in [5.41, 5.74) is 3.66. The molecule has 2 aromatic carbocycles. The average Bonchev–Trinajstić information content (AvgIpc) is 3.26. The zero-order valence-electron chi connectivity index (χ0n) is 18.2. The number of amides is 1. The second-order valence-electron chi connectivity index (χ2n) is 8.47. The molecule has 1 aliphatic carbocycles. The molecule has 2 aliphatic rings. The van der Waals surface area contributed by atoms with Crippen LogP contribution in [0.2, 0.25) is 0 Å². The fraction of sp³-hybridized carbons (Fsp3) is 0.440. The summed E-state index contributed by atoms with van der Waals surface area (Å²) < 4.78 is 0. The van der Waals surface area contributed by atoms with Crippen molar-refractivity contribution in [2.45, 2.75) is 50.4 Å². The number of guanidine groups is 1. The van der Waals surface area contributed by atoms with E-state index in [9.17, 15) is 4.79 Å². The monoisotopic (exact) mass is 532 g/mol. The Balaban J connectivity index is 0.00000272. The molecule has 1 aliphatic heterocycles. The molecule has 31 heavy (non-hydrogen) atoms. The van der Waals surface area contributed by atoms with Gasteiger partial charge in [0, 0.05) is 36.5 Å². The van der Waals surface area contributed by atoms with Crippen LogP contribution in [-0.4, -0.2) is 31.5 Å². The predicted molar refractivity (Wildman–Crippen MR) is 138 cm³/mol. The highest BCUT2D eigenvalue weighted by molar-refractivity contribution is 14.0. The molecule has 0 spiro atoms. The Kier molecular flexibility index (Phi) is 8.35. The molecule has 5 nitrogen and oxygen atoms in total. The minimum absolute atomic E-state index is 0. The lowest BCUT2D eigenvalue weighted by Gasteiger charge is -2.29. The Morgan fingerprint density at radius 3 is 2.52 bits per heavy atom. The Morgan fingerprint density at radius 2 is 1.77 bits per heavy atom. The zero-order chi connectivity index (χ0) is 20.8. The first-order valence-electron chi connectivity index (χ1n) is 11.2. The van der Waals surface area contributed by atoms with E-state index in [1.807, 2.05) is 18.2 Å². The standard InChI is InChI=1S/C25H32N4O.HI/c1-2-26-24(27-17-19-16-23(30)29-22-13-7-6-12-21(19)22)28-18-25(14-8-9-15-25)20-10-4-3-5-11-20;/h3-7,10-13,19H,2,8-9,14-18H2,1H3,(H,29,30)(H2,26,27,28);1H. The average molecular weight is 532 g/mol. The largest absolute Gasteiger partial charge is 0.357 e. The zero-order valence-corrected chi connectivity index (χ0v) is 20.5. The van der Waals surface area contributed by atoms with Crippen LogP contribution in [0.1, 0.15) is 56.1 Å². The van der Waals surface area contributed by atoms with Crippen LogP contribution < -0.4 is 16.0 Å². The Morgan fingerprint density at radius 1 is 1.06 bits per heavy atom. The summed E-state index contributed by atoms with van der Waals surface area (Å²) in [4.78, 5) is 17.1. The Labute approximate surface area is 202 Å². The summed E-state index contributed by atoms with van der Waals surface area (Å²) in [5.74, 6) is 1.06. The molecule has 0 saturated heterocycles. The topological polar surface area (TPSA) is 65.5 Å². The van der Waals surface area contributed by atoms with E-state index < -0.39 is 0 Å². The van der Waals surface area contributed by atoms with E-state index in [-0.39, 0.29) is 41.2 Å². The molecular formula is C25H33IN4O. The number of nitrogens with one attached hydrogen (secondary N) is 3. The van der Waals surface area contributed by atoms with Crippen LogP contribution in [0.5, 0.6) is 0 Å². The number of para-hydroxylation sites is 1. The molecule has 0 bridgehead atoms. The van der Waals surface area contributed by atoms with E-state index in [0.29, 0.717) is 13.0 Å². The molecule has 1 atom stereocenters. The maximum Gasteiger partial charge on any atom is 0.225 e. The minimum atomic E-state index is 0.